The molecule has 2 aliphatic rings. The quantitative estimate of drug-likeness (QED) is 0.339. The van der Waals surface area contributed by atoms with Crippen molar-refractivity contribution in [2.24, 2.45) is 0 Å². The lowest BCUT2D eigenvalue weighted by molar-refractivity contribution is -0.145. The van der Waals surface area contributed by atoms with Crippen LogP contribution in [0.15, 0.2) is 0 Å². The summed E-state index contributed by atoms with van der Waals surface area (Å²) in [4.78, 5) is 42.8. The molecule has 0 aromatic heterocycles. The number of amides is 1. The summed E-state index contributed by atoms with van der Waals surface area (Å²) in [5, 5.41) is 6.49. The molecule has 34 heavy (non-hydrogen) atoms. The molecule has 2 heterocycles. The number of alkyl carbamates (subject to hydrolysis) is 1. The molecule has 196 valence electrons. The van der Waals surface area contributed by atoms with Gasteiger partial charge in [0.15, 0.2) is 0 Å². The van der Waals surface area contributed by atoms with Crippen LogP contribution in [0.5, 0.6) is 0 Å². The molecule has 0 unspecified atom stereocenters. The second-order valence-corrected chi connectivity index (χ2v) is 9.94. The van der Waals surface area contributed by atoms with E-state index in [0.717, 1.165) is 19.6 Å². The standard InChI is InChI=1S/C23H43N5O6/c1-6-32-19(29)14-27-12-13-28(15-20(30)33-7-2)18-23(17-27)16-26(11-9-25-23)10-8-24-21(31)34-22(3,4)5/h25H,6-18H2,1-5H3,(H,24,31). The van der Waals surface area contributed by atoms with Gasteiger partial charge in [-0.3, -0.25) is 24.3 Å². The largest absolute Gasteiger partial charge is 0.465 e. The normalized spacial score (nSPS) is 19.9. The van der Waals surface area contributed by atoms with Gasteiger partial charge in [-0.25, -0.2) is 4.79 Å². The lowest BCUT2D eigenvalue weighted by atomic mass is 9.94. The van der Waals surface area contributed by atoms with Gasteiger partial charge in [-0.1, -0.05) is 0 Å². The van der Waals surface area contributed by atoms with Gasteiger partial charge in [-0.15, -0.1) is 0 Å². The zero-order chi connectivity index (χ0) is 25.2. The van der Waals surface area contributed by atoms with Crippen molar-refractivity contribution in [2.45, 2.75) is 45.8 Å². The molecule has 1 spiro atoms. The lowest BCUT2D eigenvalue weighted by Crippen LogP contribution is -2.68. The Labute approximate surface area is 203 Å². The highest BCUT2D eigenvalue weighted by Gasteiger charge is 2.41. The highest BCUT2D eigenvalue weighted by molar-refractivity contribution is 5.72. The first-order chi connectivity index (χ1) is 16.0. The van der Waals surface area contributed by atoms with Crippen molar-refractivity contribution in [1.29, 1.82) is 0 Å². The summed E-state index contributed by atoms with van der Waals surface area (Å²) in [6, 6.07) is 0. The number of piperazine rings is 1. The molecule has 2 N–H and O–H groups in total. The first-order valence-corrected chi connectivity index (χ1v) is 12.2. The van der Waals surface area contributed by atoms with Crippen LogP contribution in [0.1, 0.15) is 34.6 Å². The monoisotopic (exact) mass is 485 g/mol. The zero-order valence-corrected chi connectivity index (χ0v) is 21.5. The van der Waals surface area contributed by atoms with E-state index in [2.05, 4.69) is 25.3 Å². The van der Waals surface area contributed by atoms with Crippen molar-refractivity contribution in [3.8, 4) is 0 Å². The number of hydrogen-bond donors (Lipinski definition) is 2. The molecule has 0 aromatic rings. The molecule has 0 aromatic carbocycles. The zero-order valence-electron chi connectivity index (χ0n) is 21.5. The smallest absolute Gasteiger partial charge is 0.407 e. The molecule has 2 rings (SSSR count). The molecular weight excluding hydrogens is 442 g/mol. The predicted molar refractivity (Wildman–Crippen MR) is 128 cm³/mol. The first-order valence-electron chi connectivity index (χ1n) is 12.2. The molecule has 2 fully saturated rings. The van der Waals surface area contributed by atoms with Crippen molar-refractivity contribution >= 4 is 18.0 Å². The minimum atomic E-state index is -0.533. The Morgan fingerprint density at radius 2 is 1.41 bits per heavy atom. The van der Waals surface area contributed by atoms with Gasteiger partial charge in [0.25, 0.3) is 0 Å². The molecular formula is C23H43N5O6. The van der Waals surface area contributed by atoms with Crippen molar-refractivity contribution in [1.82, 2.24) is 25.3 Å². The molecule has 0 saturated carbocycles. The Bertz CT molecular complexity index is 653. The third-order valence-corrected chi connectivity index (χ3v) is 5.65. The van der Waals surface area contributed by atoms with Crippen LogP contribution < -0.4 is 10.6 Å². The molecule has 2 aliphatic heterocycles. The van der Waals surface area contributed by atoms with Gasteiger partial charge in [-0.05, 0) is 34.6 Å². The summed E-state index contributed by atoms with van der Waals surface area (Å²) in [5.41, 5.74) is -0.867. The first kappa shape index (κ1) is 28.3. The molecule has 2 saturated heterocycles. The highest BCUT2D eigenvalue weighted by Crippen LogP contribution is 2.19. The second-order valence-electron chi connectivity index (χ2n) is 9.94. The van der Waals surface area contributed by atoms with Crippen LogP contribution in [0.2, 0.25) is 0 Å². The fraction of sp³-hybridized carbons (Fsp3) is 0.870. The maximum Gasteiger partial charge on any atom is 0.407 e. The summed E-state index contributed by atoms with van der Waals surface area (Å²) in [6.07, 6.45) is -0.423. The number of rotatable bonds is 9. The number of hydrogen-bond acceptors (Lipinski definition) is 10. The Morgan fingerprint density at radius 1 is 0.882 bits per heavy atom. The van der Waals surface area contributed by atoms with Crippen molar-refractivity contribution in [3.05, 3.63) is 0 Å². The number of nitrogens with one attached hydrogen (secondary N) is 2. The predicted octanol–water partition coefficient (Wildman–Crippen LogP) is -0.101. The number of esters is 2. The maximum absolute atomic E-state index is 12.2. The van der Waals surface area contributed by atoms with E-state index in [1.165, 1.54) is 0 Å². The minimum Gasteiger partial charge on any atom is -0.465 e. The molecule has 1 amide bonds. The van der Waals surface area contributed by atoms with E-state index in [-0.39, 0.29) is 30.6 Å². The third-order valence-electron chi connectivity index (χ3n) is 5.65. The Kier molecular flexibility index (Phi) is 11.0. The second kappa shape index (κ2) is 13.2. The Hall–Kier alpha value is -1.95. The summed E-state index contributed by atoms with van der Waals surface area (Å²) < 4.78 is 15.6. The third kappa shape index (κ3) is 10.1. The van der Waals surface area contributed by atoms with Gasteiger partial charge < -0.3 is 24.8 Å². The Balaban J connectivity index is 2.03. The van der Waals surface area contributed by atoms with Gasteiger partial charge in [0.1, 0.15) is 5.60 Å². The minimum absolute atomic E-state index is 0.213. The summed E-state index contributed by atoms with van der Waals surface area (Å²) in [6.45, 7) is 16.3. The molecule has 0 aliphatic carbocycles. The van der Waals surface area contributed by atoms with E-state index in [9.17, 15) is 14.4 Å². The van der Waals surface area contributed by atoms with Gasteiger partial charge in [0.2, 0.25) is 0 Å². The number of carbonyl (C=O) groups excluding carboxylic acids is 3. The average molecular weight is 486 g/mol. The number of ether oxygens (including phenoxy) is 3. The van der Waals surface area contributed by atoms with Gasteiger partial charge in [0, 0.05) is 58.9 Å². The van der Waals surface area contributed by atoms with E-state index < -0.39 is 11.7 Å². The molecule has 0 atom stereocenters. The summed E-state index contributed by atoms with van der Waals surface area (Å²) in [5.74, 6) is -0.489. The summed E-state index contributed by atoms with van der Waals surface area (Å²) >= 11 is 0. The van der Waals surface area contributed by atoms with Crippen molar-refractivity contribution in [2.75, 3.05) is 85.2 Å². The number of nitrogens with zero attached hydrogens (tertiary/aromatic N) is 3. The van der Waals surface area contributed by atoms with Crippen LogP contribution in [-0.4, -0.2) is 129 Å². The van der Waals surface area contributed by atoms with E-state index in [1.54, 1.807) is 13.8 Å². The van der Waals surface area contributed by atoms with Crippen LogP contribution >= 0.6 is 0 Å². The number of carbonyl (C=O) groups is 3. The fourth-order valence-corrected chi connectivity index (χ4v) is 4.47. The van der Waals surface area contributed by atoms with Crippen LogP contribution in [0, 0.1) is 0 Å². The topological polar surface area (TPSA) is 113 Å². The van der Waals surface area contributed by atoms with Crippen LogP contribution in [0.4, 0.5) is 4.79 Å². The Morgan fingerprint density at radius 3 is 1.91 bits per heavy atom. The summed E-state index contributed by atoms with van der Waals surface area (Å²) in [7, 11) is 0. The average Bonchev–Trinajstić information content (AvgIpc) is 2.86. The molecule has 0 bridgehead atoms. The molecule has 11 nitrogen and oxygen atoms in total. The molecule has 11 heteroatoms. The molecule has 0 radical (unpaired) electrons. The van der Waals surface area contributed by atoms with Gasteiger partial charge >= 0.3 is 18.0 Å². The highest BCUT2D eigenvalue weighted by atomic mass is 16.6. The van der Waals surface area contributed by atoms with E-state index in [4.69, 9.17) is 14.2 Å². The van der Waals surface area contributed by atoms with E-state index in [0.29, 0.717) is 52.5 Å². The van der Waals surface area contributed by atoms with E-state index in [1.807, 2.05) is 20.8 Å². The van der Waals surface area contributed by atoms with Crippen LogP contribution in [0.3, 0.4) is 0 Å². The van der Waals surface area contributed by atoms with Gasteiger partial charge in [-0.2, -0.15) is 0 Å². The van der Waals surface area contributed by atoms with Crippen molar-refractivity contribution in [3.63, 3.8) is 0 Å². The SMILES string of the molecule is CCOC(=O)CN1CCN(CC(=O)OCC)CC2(CN(CCNC(=O)OC(C)(C)C)CCN2)C1. The van der Waals surface area contributed by atoms with E-state index >= 15 is 0 Å². The van der Waals surface area contributed by atoms with Crippen LogP contribution in [0.25, 0.3) is 0 Å². The van der Waals surface area contributed by atoms with Crippen molar-refractivity contribution < 1.29 is 28.6 Å². The fourth-order valence-electron chi connectivity index (χ4n) is 4.47. The lowest BCUT2D eigenvalue weighted by Gasteiger charge is -2.46. The maximum atomic E-state index is 12.2. The van der Waals surface area contributed by atoms with Gasteiger partial charge in [0.05, 0.1) is 31.8 Å². The van der Waals surface area contributed by atoms with Crippen LogP contribution in [-0.2, 0) is 23.8 Å².